The summed E-state index contributed by atoms with van der Waals surface area (Å²) >= 11 is 23.8. The third-order valence-electron chi connectivity index (χ3n) is 5.97. The van der Waals surface area contributed by atoms with E-state index in [2.05, 4.69) is 15.5 Å². The Morgan fingerprint density at radius 1 is 0.886 bits per heavy atom. The number of likely N-dealkylation sites (tertiary alicyclic amines) is 1. The number of piperidine rings is 1. The highest BCUT2D eigenvalue weighted by Crippen LogP contribution is 2.26. The number of carbonyl (C=O) groups is 2. The molecule has 1 fully saturated rings. The Labute approximate surface area is 226 Å². The number of carbonyl (C=O) groups excluding carboxylic acids is 2. The van der Waals surface area contributed by atoms with Crippen molar-refractivity contribution < 1.29 is 9.59 Å². The average molecular weight is 557 g/mol. The second-order valence-electron chi connectivity index (χ2n) is 8.59. The molecule has 1 aliphatic heterocycles. The van der Waals surface area contributed by atoms with Crippen molar-refractivity contribution in [2.75, 3.05) is 31.5 Å². The smallest absolute Gasteiger partial charge is 0.243 e. The lowest BCUT2D eigenvalue weighted by molar-refractivity contribution is -0.121. The summed E-state index contributed by atoms with van der Waals surface area (Å²) in [6.07, 6.45) is 7.93. The van der Waals surface area contributed by atoms with Gasteiger partial charge >= 0.3 is 0 Å². The number of amides is 2. The number of hydrogen-bond donors (Lipinski definition) is 2. The molecule has 1 heterocycles. The minimum absolute atomic E-state index is 0.00729. The van der Waals surface area contributed by atoms with Crippen LogP contribution >= 0.6 is 46.4 Å². The predicted octanol–water partition coefficient (Wildman–Crippen LogP) is 6.95. The summed E-state index contributed by atoms with van der Waals surface area (Å²) in [5.74, 6) is -0.0860. The summed E-state index contributed by atoms with van der Waals surface area (Å²) in [6, 6.07) is 10.3. The van der Waals surface area contributed by atoms with Gasteiger partial charge in [0.05, 0.1) is 20.1 Å². The van der Waals surface area contributed by atoms with Gasteiger partial charge in [0.15, 0.2) is 0 Å². The molecule has 0 bridgehead atoms. The molecule has 0 aromatic heterocycles. The number of nitrogens with one attached hydrogen (secondary N) is 2. The fraction of sp³-hybridized carbons (Fsp3) is 0.385. The molecule has 0 aliphatic carbocycles. The van der Waals surface area contributed by atoms with E-state index in [4.69, 9.17) is 46.4 Å². The highest BCUT2D eigenvalue weighted by atomic mass is 35.5. The van der Waals surface area contributed by atoms with Gasteiger partial charge in [0.1, 0.15) is 0 Å². The van der Waals surface area contributed by atoms with Gasteiger partial charge in [-0.05, 0) is 87.3 Å². The van der Waals surface area contributed by atoms with E-state index in [1.54, 1.807) is 36.4 Å². The first-order chi connectivity index (χ1) is 16.8. The maximum absolute atomic E-state index is 12.6. The van der Waals surface area contributed by atoms with Crippen LogP contribution in [0.4, 0.5) is 5.69 Å². The first-order valence-electron chi connectivity index (χ1n) is 11.7. The van der Waals surface area contributed by atoms with Crippen LogP contribution in [0.5, 0.6) is 0 Å². The van der Waals surface area contributed by atoms with E-state index in [0.29, 0.717) is 32.3 Å². The van der Waals surface area contributed by atoms with E-state index < -0.39 is 0 Å². The van der Waals surface area contributed by atoms with Crippen molar-refractivity contribution in [1.82, 2.24) is 10.2 Å². The van der Waals surface area contributed by atoms with Gasteiger partial charge in [-0.25, -0.2) is 0 Å². The van der Waals surface area contributed by atoms with Gasteiger partial charge in [0, 0.05) is 24.2 Å². The zero-order chi connectivity index (χ0) is 25.2. The van der Waals surface area contributed by atoms with Crippen LogP contribution in [0.3, 0.4) is 0 Å². The number of halogens is 4. The van der Waals surface area contributed by atoms with Gasteiger partial charge in [-0.15, -0.1) is 0 Å². The van der Waals surface area contributed by atoms with Gasteiger partial charge in [0.25, 0.3) is 0 Å². The molecule has 2 aromatic rings. The van der Waals surface area contributed by atoms with Crippen molar-refractivity contribution in [3.63, 3.8) is 0 Å². The molecule has 2 N–H and O–H groups in total. The van der Waals surface area contributed by atoms with E-state index in [9.17, 15) is 9.59 Å². The molecule has 0 unspecified atom stereocenters. The van der Waals surface area contributed by atoms with E-state index in [1.807, 2.05) is 6.07 Å². The molecule has 0 spiro atoms. The van der Waals surface area contributed by atoms with Crippen LogP contribution in [0.15, 0.2) is 42.5 Å². The van der Waals surface area contributed by atoms with Gasteiger partial charge in [-0.2, -0.15) is 0 Å². The zero-order valence-corrected chi connectivity index (χ0v) is 22.4. The van der Waals surface area contributed by atoms with Gasteiger partial charge in [-0.1, -0.05) is 58.9 Å². The lowest BCUT2D eigenvalue weighted by atomic mass is 9.95. The van der Waals surface area contributed by atoms with E-state index >= 15 is 0 Å². The molecule has 2 aromatic carbocycles. The average Bonchev–Trinajstić information content (AvgIpc) is 2.84. The standard InChI is InChI=1S/C26H29Cl4N3O2/c27-21-7-4-18(16-23(21)29)5-9-25(34)31-12-2-1-3-13-33-14-10-19(11-15-33)26(35)32-20-6-8-22(28)24(30)17-20/h4-9,16-17,19H,1-3,10-15H2,(H,31,34)(H,32,35)/b9-5+. The summed E-state index contributed by atoms with van der Waals surface area (Å²) < 4.78 is 0. The van der Waals surface area contributed by atoms with Crippen molar-refractivity contribution in [1.29, 1.82) is 0 Å². The Morgan fingerprint density at radius 3 is 2.26 bits per heavy atom. The van der Waals surface area contributed by atoms with Crippen LogP contribution in [-0.2, 0) is 9.59 Å². The zero-order valence-electron chi connectivity index (χ0n) is 19.3. The molecule has 35 heavy (non-hydrogen) atoms. The fourth-order valence-electron chi connectivity index (χ4n) is 3.93. The number of nitrogens with zero attached hydrogens (tertiary/aromatic N) is 1. The third kappa shape index (κ3) is 9.32. The molecule has 0 atom stereocenters. The van der Waals surface area contributed by atoms with Crippen LogP contribution in [0.25, 0.3) is 6.08 Å². The van der Waals surface area contributed by atoms with Gasteiger partial charge in [-0.3, -0.25) is 9.59 Å². The van der Waals surface area contributed by atoms with Gasteiger partial charge in [0.2, 0.25) is 11.8 Å². The lowest BCUT2D eigenvalue weighted by Crippen LogP contribution is -2.38. The summed E-state index contributed by atoms with van der Waals surface area (Å²) in [4.78, 5) is 26.9. The monoisotopic (exact) mass is 555 g/mol. The van der Waals surface area contributed by atoms with Gasteiger partial charge < -0.3 is 15.5 Å². The molecule has 0 radical (unpaired) electrons. The Hall–Kier alpha value is -1.76. The molecule has 1 aliphatic rings. The summed E-state index contributed by atoms with van der Waals surface area (Å²) in [6.45, 7) is 3.47. The van der Waals surface area contributed by atoms with E-state index in [-0.39, 0.29) is 17.7 Å². The second-order valence-corrected chi connectivity index (χ2v) is 10.2. The molecule has 5 nitrogen and oxygen atoms in total. The predicted molar refractivity (Wildman–Crippen MR) is 147 cm³/mol. The summed E-state index contributed by atoms with van der Waals surface area (Å²) in [7, 11) is 0. The fourth-order valence-corrected chi connectivity index (χ4v) is 4.54. The molecule has 2 amide bonds. The van der Waals surface area contributed by atoms with Crippen molar-refractivity contribution in [3.8, 4) is 0 Å². The van der Waals surface area contributed by atoms with Crippen LogP contribution in [0, 0.1) is 5.92 Å². The number of hydrogen-bond acceptors (Lipinski definition) is 3. The number of rotatable bonds is 10. The first-order valence-corrected chi connectivity index (χ1v) is 13.2. The van der Waals surface area contributed by atoms with Crippen LogP contribution in [0.2, 0.25) is 20.1 Å². The molecular formula is C26H29Cl4N3O2. The van der Waals surface area contributed by atoms with Crippen molar-refractivity contribution >= 4 is 70.0 Å². The largest absolute Gasteiger partial charge is 0.353 e. The SMILES string of the molecule is O=C(/C=C/c1ccc(Cl)c(Cl)c1)NCCCCCN1CCC(C(=O)Nc2ccc(Cl)c(Cl)c2)CC1. The van der Waals surface area contributed by atoms with Crippen molar-refractivity contribution in [2.24, 2.45) is 5.92 Å². The third-order valence-corrected chi connectivity index (χ3v) is 7.44. The maximum atomic E-state index is 12.6. The molecule has 188 valence electrons. The highest BCUT2D eigenvalue weighted by Gasteiger charge is 2.24. The lowest BCUT2D eigenvalue weighted by Gasteiger charge is -2.31. The molecule has 1 saturated heterocycles. The molecular weight excluding hydrogens is 528 g/mol. The summed E-state index contributed by atoms with van der Waals surface area (Å²) in [5.41, 5.74) is 1.49. The Bertz CT molecular complexity index is 1050. The van der Waals surface area contributed by atoms with Crippen molar-refractivity contribution in [3.05, 3.63) is 68.1 Å². The van der Waals surface area contributed by atoms with Crippen molar-refractivity contribution in [2.45, 2.75) is 32.1 Å². The minimum atomic E-state index is -0.128. The number of anilines is 1. The van der Waals surface area contributed by atoms with Crippen LogP contribution < -0.4 is 10.6 Å². The minimum Gasteiger partial charge on any atom is -0.353 e. The topological polar surface area (TPSA) is 61.4 Å². The quantitative estimate of drug-likeness (QED) is 0.246. The normalized spacial score (nSPS) is 14.9. The van der Waals surface area contributed by atoms with E-state index in [0.717, 1.165) is 57.3 Å². The Kier molecular flexibility index (Phi) is 11.2. The first kappa shape index (κ1) is 27.8. The summed E-state index contributed by atoms with van der Waals surface area (Å²) in [5, 5.41) is 7.70. The molecule has 0 saturated carbocycles. The molecule has 3 rings (SSSR count). The Balaban J connectivity index is 1.25. The second kappa shape index (κ2) is 14.1. The maximum Gasteiger partial charge on any atom is 0.243 e. The van der Waals surface area contributed by atoms with Crippen LogP contribution in [-0.4, -0.2) is 42.9 Å². The van der Waals surface area contributed by atoms with E-state index in [1.165, 1.54) is 6.08 Å². The molecule has 9 heteroatoms. The van der Waals surface area contributed by atoms with Crippen LogP contribution in [0.1, 0.15) is 37.7 Å². The Morgan fingerprint density at radius 2 is 1.57 bits per heavy atom. The number of unbranched alkanes of at least 4 members (excludes halogenated alkanes) is 2. The number of benzene rings is 2. The highest BCUT2D eigenvalue weighted by molar-refractivity contribution is 6.42.